The maximum atomic E-state index is 13.1. The average molecular weight is 438 g/mol. The van der Waals surface area contributed by atoms with Crippen LogP contribution in [0.2, 0.25) is 5.02 Å². The maximum absolute atomic E-state index is 13.1. The Morgan fingerprint density at radius 1 is 1.24 bits per heavy atom. The zero-order valence-corrected chi connectivity index (χ0v) is 18.1. The van der Waals surface area contributed by atoms with Crippen LogP contribution in [0.4, 0.5) is 0 Å². The van der Waals surface area contributed by atoms with Crippen molar-refractivity contribution in [3.05, 3.63) is 58.6 Å². The number of ether oxygens (including phenoxy) is 2. The van der Waals surface area contributed by atoms with Crippen molar-refractivity contribution >= 4 is 27.6 Å². The van der Waals surface area contributed by atoms with Gasteiger partial charge in [0.2, 0.25) is 10.0 Å². The first-order valence-corrected chi connectivity index (χ1v) is 11.3. The van der Waals surface area contributed by atoms with Crippen molar-refractivity contribution in [2.75, 3.05) is 7.11 Å². The lowest BCUT2D eigenvalue weighted by molar-refractivity contribution is 0.0260. The molecule has 2 aromatic carbocycles. The van der Waals surface area contributed by atoms with Gasteiger partial charge in [0.1, 0.15) is 11.4 Å². The van der Waals surface area contributed by atoms with E-state index in [0.717, 1.165) is 18.4 Å². The minimum atomic E-state index is -3.92. The SMILES string of the molecule is CCC1(CC)CC(NS(=O)(=O)c2ccc(Cl)c(C(=O)OC)c2)c2ccccc2O1. The lowest BCUT2D eigenvalue weighted by Crippen LogP contribution is -2.44. The second-order valence-corrected chi connectivity index (χ2v) is 9.16. The number of halogens is 1. The van der Waals surface area contributed by atoms with Crippen molar-refractivity contribution in [2.45, 2.75) is 49.6 Å². The van der Waals surface area contributed by atoms with Gasteiger partial charge in [-0.2, -0.15) is 0 Å². The van der Waals surface area contributed by atoms with Crippen LogP contribution >= 0.6 is 11.6 Å². The molecule has 0 bridgehead atoms. The molecule has 1 atom stereocenters. The molecule has 0 amide bonds. The van der Waals surface area contributed by atoms with Gasteiger partial charge in [-0.25, -0.2) is 17.9 Å². The summed E-state index contributed by atoms with van der Waals surface area (Å²) >= 11 is 6.02. The summed E-state index contributed by atoms with van der Waals surface area (Å²) in [5, 5.41) is 0.128. The fourth-order valence-corrected chi connectivity index (χ4v) is 5.04. The number of nitrogens with one attached hydrogen (secondary N) is 1. The molecule has 0 radical (unpaired) electrons. The number of methoxy groups -OCH3 is 1. The van der Waals surface area contributed by atoms with Crippen LogP contribution in [0.3, 0.4) is 0 Å². The molecule has 0 aliphatic carbocycles. The zero-order chi connectivity index (χ0) is 21.2. The molecular formula is C21H24ClNO5S. The molecule has 0 saturated heterocycles. The Kier molecular flexibility index (Phi) is 6.22. The van der Waals surface area contributed by atoms with E-state index in [9.17, 15) is 13.2 Å². The smallest absolute Gasteiger partial charge is 0.339 e. The third-order valence-electron chi connectivity index (χ3n) is 5.44. The number of carbonyl (C=O) groups is 1. The van der Waals surface area contributed by atoms with Gasteiger partial charge < -0.3 is 9.47 Å². The van der Waals surface area contributed by atoms with Gasteiger partial charge in [0.15, 0.2) is 0 Å². The number of rotatable bonds is 6. The molecule has 156 valence electrons. The fraction of sp³-hybridized carbons (Fsp3) is 0.381. The van der Waals surface area contributed by atoms with Crippen LogP contribution in [-0.4, -0.2) is 27.1 Å². The van der Waals surface area contributed by atoms with Crippen LogP contribution in [0.1, 0.15) is 55.1 Å². The number of para-hydroxylation sites is 1. The van der Waals surface area contributed by atoms with Crippen LogP contribution in [0.5, 0.6) is 5.75 Å². The van der Waals surface area contributed by atoms with Gasteiger partial charge >= 0.3 is 5.97 Å². The van der Waals surface area contributed by atoms with E-state index in [1.165, 1.54) is 25.3 Å². The third kappa shape index (κ3) is 4.27. The van der Waals surface area contributed by atoms with Crippen molar-refractivity contribution < 1.29 is 22.7 Å². The molecule has 0 spiro atoms. The predicted octanol–water partition coefficient (Wildman–Crippen LogP) is 4.49. The second kappa shape index (κ2) is 8.34. The first-order chi connectivity index (χ1) is 13.7. The summed E-state index contributed by atoms with van der Waals surface area (Å²) in [6.07, 6.45) is 2.01. The summed E-state index contributed by atoms with van der Waals surface area (Å²) in [4.78, 5) is 11.8. The van der Waals surface area contributed by atoms with Crippen molar-refractivity contribution in [3.8, 4) is 5.75 Å². The van der Waals surface area contributed by atoms with E-state index in [1.807, 2.05) is 38.1 Å². The summed E-state index contributed by atoms with van der Waals surface area (Å²) in [5.41, 5.74) is 0.343. The fourth-order valence-electron chi connectivity index (χ4n) is 3.60. The number of hydrogen-bond donors (Lipinski definition) is 1. The number of benzene rings is 2. The van der Waals surface area contributed by atoms with Gasteiger partial charge in [-0.1, -0.05) is 43.6 Å². The number of carbonyl (C=O) groups excluding carboxylic acids is 1. The Balaban J connectivity index is 1.99. The highest BCUT2D eigenvalue weighted by Crippen LogP contribution is 2.43. The van der Waals surface area contributed by atoms with Crippen LogP contribution in [0.15, 0.2) is 47.4 Å². The molecule has 1 unspecified atom stereocenters. The first kappa shape index (κ1) is 21.6. The summed E-state index contributed by atoms with van der Waals surface area (Å²) in [6, 6.07) is 11.0. The molecule has 6 nitrogen and oxygen atoms in total. The highest BCUT2D eigenvalue weighted by molar-refractivity contribution is 7.89. The van der Waals surface area contributed by atoms with Crippen LogP contribution in [0, 0.1) is 0 Å². The van der Waals surface area contributed by atoms with Gasteiger partial charge in [0.05, 0.1) is 28.6 Å². The molecule has 0 aromatic heterocycles. The first-order valence-electron chi connectivity index (χ1n) is 9.43. The van der Waals surface area contributed by atoms with E-state index in [2.05, 4.69) is 9.46 Å². The Morgan fingerprint density at radius 3 is 2.59 bits per heavy atom. The number of fused-ring (bicyclic) bond motifs is 1. The van der Waals surface area contributed by atoms with Crippen LogP contribution in [-0.2, 0) is 14.8 Å². The van der Waals surface area contributed by atoms with Crippen LogP contribution in [0.25, 0.3) is 0 Å². The summed E-state index contributed by atoms with van der Waals surface area (Å²) in [5.74, 6) is -0.0130. The number of esters is 1. The monoisotopic (exact) mass is 437 g/mol. The Hall–Kier alpha value is -2.09. The normalized spacial score (nSPS) is 17.9. The van der Waals surface area contributed by atoms with Gasteiger partial charge in [0, 0.05) is 12.0 Å². The van der Waals surface area contributed by atoms with Gasteiger partial charge in [-0.05, 0) is 37.1 Å². The van der Waals surface area contributed by atoms with Crippen molar-refractivity contribution in [2.24, 2.45) is 0 Å². The predicted molar refractivity (Wildman–Crippen MR) is 111 cm³/mol. The summed E-state index contributed by atoms with van der Waals surface area (Å²) in [7, 11) is -2.71. The molecule has 1 aliphatic rings. The minimum Gasteiger partial charge on any atom is -0.487 e. The van der Waals surface area contributed by atoms with E-state index in [-0.39, 0.29) is 15.5 Å². The zero-order valence-electron chi connectivity index (χ0n) is 16.6. The number of hydrogen-bond acceptors (Lipinski definition) is 5. The Bertz CT molecular complexity index is 1020. The molecule has 2 aromatic rings. The van der Waals surface area contributed by atoms with Crippen molar-refractivity contribution in [1.82, 2.24) is 4.72 Å². The molecule has 1 N–H and O–H groups in total. The highest BCUT2D eigenvalue weighted by Gasteiger charge is 2.40. The number of sulfonamides is 1. The Labute approximate surface area is 176 Å². The molecule has 1 aliphatic heterocycles. The van der Waals surface area contributed by atoms with Crippen molar-refractivity contribution in [3.63, 3.8) is 0 Å². The minimum absolute atomic E-state index is 0.000817. The maximum Gasteiger partial charge on any atom is 0.339 e. The van der Waals surface area contributed by atoms with Gasteiger partial charge in [0.25, 0.3) is 0 Å². The molecule has 3 rings (SSSR count). The Morgan fingerprint density at radius 2 is 1.93 bits per heavy atom. The topological polar surface area (TPSA) is 81.7 Å². The van der Waals surface area contributed by atoms with E-state index in [0.29, 0.717) is 12.2 Å². The molecule has 8 heteroatoms. The third-order valence-corrected chi connectivity index (χ3v) is 7.24. The highest BCUT2D eigenvalue weighted by atomic mass is 35.5. The molecular weight excluding hydrogens is 414 g/mol. The van der Waals surface area contributed by atoms with E-state index in [1.54, 1.807) is 0 Å². The molecule has 0 fully saturated rings. The average Bonchev–Trinajstić information content (AvgIpc) is 2.72. The largest absolute Gasteiger partial charge is 0.487 e. The van der Waals surface area contributed by atoms with E-state index >= 15 is 0 Å². The lowest BCUT2D eigenvalue weighted by Gasteiger charge is -2.41. The molecule has 1 heterocycles. The molecule has 29 heavy (non-hydrogen) atoms. The van der Waals surface area contributed by atoms with Gasteiger partial charge in [-0.15, -0.1) is 0 Å². The molecule has 0 saturated carbocycles. The van der Waals surface area contributed by atoms with E-state index in [4.69, 9.17) is 16.3 Å². The quantitative estimate of drug-likeness (QED) is 0.673. The summed E-state index contributed by atoms with van der Waals surface area (Å²) < 4.78 is 40.0. The lowest BCUT2D eigenvalue weighted by atomic mass is 9.84. The van der Waals surface area contributed by atoms with Crippen molar-refractivity contribution in [1.29, 1.82) is 0 Å². The second-order valence-electron chi connectivity index (χ2n) is 7.04. The van der Waals surface area contributed by atoms with E-state index < -0.39 is 27.6 Å². The summed E-state index contributed by atoms with van der Waals surface area (Å²) in [6.45, 7) is 4.07. The van der Waals surface area contributed by atoms with Gasteiger partial charge in [-0.3, -0.25) is 0 Å². The standard InChI is InChI=1S/C21H24ClNO5S/c1-4-21(5-2)13-18(15-8-6-7-9-19(15)28-21)23-29(25,26)14-10-11-17(22)16(12-14)20(24)27-3/h6-12,18,23H,4-5,13H2,1-3H3. The van der Waals surface area contributed by atoms with Crippen LogP contribution < -0.4 is 9.46 Å².